The largest absolute Gasteiger partial charge is 0.478 e. The maximum atomic E-state index is 12.3. The van der Waals surface area contributed by atoms with Gasteiger partial charge in [0, 0.05) is 12.6 Å². The molecule has 0 bridgehead atoms. The Hall–Kier alpha value is -3.48. The third kappa shape index (κ3) is 4.04. The van der Waals surface area contributed by atoms with Crippen LogP contribution in [0.2, 0.25) is 0 Å². The van der Waals surface area contributed by atoms with Crippen molar-refractivity contribution in [2.45, 2.75) is 6.92 Å². The Morgan fingerprint density at radius 3 is 2.29 bits per heavy atom. The minimum absolute atomic E-state index is 0.0149. The summed E-state index contributed by atoms with van der Waals surface area (Å²) in [4.78, 5) is 46.5. The maximum Gasteiger partial charge on any atom is 0.335 e. The van der Waals surface area contributed by atoms with Crippen molar-refractivity contribution < 1.29 is 24.3 Å². The van der Waals surface area contributed by atoms with Gasteiger partial charge in [-0.05, 0) is 30.3 Å². The number of Topliss-reactive ketones (excluding diaryl/α,β-unsaturated/α-hetero) is 1. The lowest BCUT2D eigenvalue weighted by Crippen LogP contribution is -2.24. The van der Waals surface area contributed by atoms with E-state index >= 15 is 0 Å². The Balaban J connectivity index is 2.22. The highest BCUT2D eigenvalue weighted by atomic mass is 16.4. The zero-order valence-corrected chi connectivity index (χ0v) is 12.7. The number of nitrogens with one attached hydrogen (secondary N) is 2. The SMILES string of the molecule is CC(=O)Nc1ccccc1C(=O)C(=O)Nc1cccc(C(=O)O)c1. The summed E-state index contributed by atoms with van der Waals surface area (Å²) in [6, 6.07) is 11.6. The maximum absolute atomic E-state index is 12.3. The second-order valence-electron chi connectivity index (χ2n) is 4.90. The second kappa shape index (κ2) is 7.19. The summed E-state index contributed by atoms with van der Waals surface area (Å²) in [5.74, 6) is -3.30. The fourth-order valence-corrected chi connectivity index (χ4v) is 2.02. The Bertz CT molecular complexity index is 829. The number of carboxylic acids is 1. The number of para-hydroxylation sites is 1. The van der Waals surface area contributed by atoms with E-state index in [4.69, 9.17) is 5.11 Å². The zero-order chi connectivity index (χ0) is 17.7. The van der Waals surface area contributed by atoms with Crippen molar-refractivity contribution in [2.75, 3.05) is 10.6 Å². The van der Waals surface area contributed by atoms with E-state index in [-0.39, 0.29) is 28.4 Å². The van der Waals surface area contributed by atoms with E-state index in [9.17, 15) is 19.2 Å². The zero-order valence-electron chi connectivity index (χ0n) is 12.7. The Kier molecular flexibility index (Phi) is 5.06. The van der Waals surface area contributed by atoms with Crippen LogP contribution in [0.3, 0.4) is 0 Å². The molecule has 2 rings (SSSR count). The molecule has 7 heteroatoms. The molecular formula is C17H14N2O5. The smallest absolute Gasteiger partial charge is 0.335 e. The highest BCUT2D eigenvalue weighted by molar-refractivity contribution is 6.47. The topological polar surface area (TPSA) is 113 Å². The summed E-state index contributed by atoms with van der Waals surface area (Å²) < 4.78 is 0. The molecule has 0 spiro atoms. The number of hydrogen-bond donors (Lipinski definition) is 3. The van der Waals surface area contributed by atoms with Gasteiger partial charge in [-0.15, -0.1) is 0 Å². The molecule has 24 heavy (non-hydrogen) atoms. The van der Waals surface area contributed by atoms with E-state index in [2.05, 4.69) is 10.6 Å². The van der Waals surface area contributed by atoms with Crippen LogP contribution < -0.4 is 10.6 Å². The van der Waals surface area contributed by atoms with Gasteiger partial charge >= 0.3 is 5.97 Å². The van der Waals surface area contributed by atoms with Gasteiger partial charge in [0.1, 0.15) is 0 Å². The minimum atomic E-state index is -1.14. The summed E-state index contributed by atoms with van der Waals surface area (Å²) >= 11 is 0. The third-order valence-electron chi connectivity index (χ3n) is 3.06. The Morgan fingerprint density at radius 1 is 0.917 bits per heavy atom. The first kappa shape index (κ1) is 16.9. The van der Waals surface area contributed by atoms with Gasteiger partial charge in [0.15, 0.2) is 0 Å². The van der Waals surface area contributed by atoms with Gasteiger partial charge in [-0.1, -0.05) is 18.2 Å². The lowest BCUT2D eigenvalue weighted by atomic mass is 10.1. The van der Waals surface area contributed by atoms with Crippen molar-refractivity contribution >= 4 is 34.9 Å². The predicted octanol–water partition coefficient (Wildman–Crippen LogP) is 2.16. The summed E-state index contributed by atoms with van der Waals surface area (Å²) in [5.41, 5.74) is 0.438. The van der Waals surface area contributed by atoms with E-state index in [1.165, 1.54) is 43.3 Å². The number of anilines is 2. The van der Waals surface area contributed by atoms with Crippen LogP contribution in [0.4, 0.5) is 11.4 Å². The Labute approximate surface area is 137 Å². The highest BCUT2D eigenvalue weighted by Gasteiger charge is 2.20. The first-order valence-corrected chi connectivity index (χ1v) is 6.94. The monoisotopic (exact) mass is 326 g/mol. The molecule has 0 radical (unpaired) electrons. The normalized spacial score (nSPS) is 9.88. The molecule has 2 aromatic rings. The number of hydrogen-bond acceptors (Lipinski definition) is 4. The van der Waals surface area contributed by atoms with Crippen LogP contribution in [0.15, 0.2) is 48.5 Å². The number of benzene rings is 2. The molecule has 0 aromatic heterocycles. The van der Waals surface area contributed by atoms with Crippen molar-refractivity contribution in [3.63, 3.8) is 0 Å². The van der Waals surface area contributed by atoms with Gasteiger partial charge in [-0.25, -0.2) is 4.79 Å². The molecule has 0 atom stereocenters. The van der Waals surface area contributed by atoms with Crippen molar-refractivity contribution in [1.29, 1.82) is 0 Å². The number of carbonyl (C=O) groups is 4. The van der Waals surface area contributed by atoms with Crippen LogP contribution in [0, 0.1) is 0 Å². The first-order valence-electron chi connectivity index (χ1n) is 6.94. The predicted molar refractivity (Wildman–Crippen MR) is 87.1 cm³/mol. The molecule has 3 N–H and O–H groups in total. The number of ketones is 1. The molecule has 0 saturated heterocycles. The number of carbonyl (C=O) groups excluding carboxylic acids is 3. The molecule has 7 nitrogen and oxygen atoms in total. The molecule has 0 saturated carbocycles. The standard InChI is InChI=1S/C17H14N2O5/c1-10(20)18-14-8-3-2-7-13(14)15(21)16(22)19-12-6-4-5-11(9-12)17(23)24/h2-9H,1H3,(H,18,20)(H,19,22)(H,23,24). The summed E-state index contributed by atoms with van der Waals surface area (Å²) in [5, 5.41) is 13.8. The van der Waals surface area contributed by atoms with Gasteiger partial charge in [0.05, 0.1) is 16.8 Å². The van der Waals surface area contributed by atoms with Gasteiger partial charge in [0.25, 0.3) is 11.7 Å². The van der Waals surface area contributed by atoms with Gasteiger partial charge in [-0.3, -0.25) is 14.4 Å². The van der Waals surface area contributed by atoms with Crippen LogP contribution in [-0.2, 0) is 9.59 Å². The summed E-state index contributed by atoms with van der Waals surface area (Å²) in [6.45, 7) is 1.29. The Morgan fingerprint density at radius 2 is 1.62 bits per heavy atom. The van der Waals surface area contributed by atoms with Gasteiger partial charge < -0.3 is 15.7 Å². The molecular weight excluding hydrogens is 312 g/mol. The van der Waals surface area contributed by atoms with Crippen LogP contribution in [0.25, 0.3) is 0 Å². The number of amides is 2. The third-order valence-corrected chi connectivity index (χ3v) is 3.06. The number of carboxylic acid groups (broad SMARTS) is 1. The quantitative estimate of drug-likeness (QED) is 0.576. The van der Waals surface area contributed by atoms with Crippen molar-refractivity contribution in [3.05, 3.63) is 59.7 Å². The average Bonchev–Trinajstić information content (AvgIpc) is 2.54. The number of rotatable bonds is 5. The fraction of sp³-hybridized carbons (Fsp3) is 0.0588. The molecule has 0 aliphatic carbocycles. The van der Waals surface area contributed by atoms with Gasteiger partial charge in [-0.2, -0.15) is 0 Å². The van der Waals surface area contributed by atoms with E-state index in [1.54, 1.807) is 12.1 Å². The van der Waals surface area contributed by atoms with Crippen molar-refractivity contribution in [2.24, 2.45) is 0 Å². The molecule has 0 fully saturated rings. The van der Waals surface area contributed by atoms with E-state index in [0.717, 1.165) is 0 Å². The second-order valence-corrected chi connectivity index (χ2v) is 4.90. The van der Waals surface area contributed by atoms with Crippen LogP contribution in [-0.4, -0.2) is 28.7 Å². The van der Waals surface area contributed by atoms with Gasteiger partial charge in [0.2, 0.25) is 5.91 Å². The summed E-state index contributed by atoms with van der Waals surface area (Å²) in [6.07, 6.45) is 0. The average molecular weight is 326 g/mol. The summed E-state index contributed by atoms with van der Waals surface area (Å²) in [7, 11) is 0. The van der Waals surface area contributed by atoms with E-state index in [0.29, 0.717) is 0 Å². The highest BCUT2D eigenvalue weighted by Crippen LogP contribution is 2.17. The number of aromatic carboxylic acids is 1. The first-order chi connectivity index (χ1) is 11.4. The van der Waals surface area contributed by atoms with Crippen LogP contribution >= 0.6 is 0 Å². The van der Waals surface area contributed by atoms with Crippen LogP contribution in [0.5, 0.6) is 0 Å². The lowest BCUT2D eigenvalue weighted by Gasteiger charge is -2.09. The molecule has 2 amide bonds. The molecule has 2 aromatic carbocycles. The molecule has 0 aliphatic heterocycles. The molecule has 0 heterocycles. The van der Waals surface area contributed by atoms with E-state index in [1.807, 2.05) is 0 Å². The van der Waals surface area contributed by atoms with Crippen molar-refractivity contribution in [3.8, 4) is 0 Å². The van der Waals surface area contributed by atoms with Crippen LogP contribution in [0.1, 0.15) is 27.6 Å². The van der Waals surface area contributed by atoms with Crippen molar-refractivity contribution in [1.82, 2.24) is 0 Å². The molecule has 0 unspecified atom stereocenters. The van der Waals surface area contributed by atoms with E-state index < -0.39 is 17.7 Å². The minimum Gasteiger partial charge on any atom is -0.478 e. The fourth-order valence-electron chi connectivity index (χ4n) is 2.02. The lowest BCUT2D eigenvalue weighted by molar-refractivity contribution is -0.114. The molecule has 0 aliphatic rings. The molecule has 122 valence electrons.